The van der Waals surface area contributed by atoms with Crippen LogP contribution in [0.5, 0.6) is 0 Å². The highest BCUT2D eigenvalue weighted by atomic mass is 31.2. The Labute approximate surface area is 91.2 Å². The number of aliphatic carboxylic acids is 1. The molecule has 0 spiro atoms. The number of hydrogen-bond donors (Lipinski definition) is 6. The molecule has 0 aromatic rings. The van der Waals surface area contributed by atoms with Gasteiger partial charge >= 0.3 is 13.8 Å². The summed E-state index contributed by atoms with van der Waals surface area (Å²) in [5.41, 5.74) is 7.67. The molecule has 0 bridgehead atoms. The summed E-state index contributed by atoms with van der Waals surface area (Å²) in [6.45, 7) is -0.235. The summed E-state index contributed by atoms with van der Waals surface area (Å²) in [6, 6.07) is 0. The Morgan fingerprint density at radius 3 is 2.31 bits per heavy atom. The number of aliphatic hydroxyl groups is 1. The highest BCUT2D eigenvalue weighted by Gasteiger charge is 2.32. The zero-order valence-corrected chi connectivity index (χ0v) is 9.21. The molecule has 16 heavy (non-hydrogen) atoms. The number of nitrogens with two attached hydrogens (primary N) is 2. The van der Waals surface area contributed by atoms with Gasteiger partial charge in [-0.15, -0.1) is 0 Å². The molecule has 2 unspecified atom stereocenters. The van der Waals surface area contributed by atoms with E-state index >= 15 is 0 Å². The molecule has 0 aliphatic rings. The van der Waals surface area contributed by atoms with E-state index in [4.69, 9.17) is 31.5 Å². The molecule has 10 heteroatoms. The van der Waals surface area contributed by atoms with Crippen LogP contribution in [0.2, 0.25) is 0 Å². The van der Waals surface area contributed by atoms with E-state index in [2.05, 4.69) is 4.52 Å². The van der Waals surface area contributed by atoms with Crippen molar-refractivity contribution in [2.45, 2.75) is 24.7 Å². The lowest BCUT2D eigenvalue weighted by molar-refractivity contribution is -0.159. The van der Waals surface area contributed by atoms with Crippen LogP contribution in [0.3, 0.4) is 0 Å². The topological polar surface area (TPSA) is 176 Å². The van der Waals surface area contributed by atoms with Crippen LogP contribution in [0.15, 0.2) is 0 Å². The fraction of sp³-hybridized carbons (Fsp3) is 0.833. The average Bonchev–Trinajstić information content (AvgIpc) is 2.10. The van der Waals surface area contributed by atoms with Crippen LogP contribution in [-0.4, -0.2) is 44.3 Å². The van der Waals surface area contributed by atoms with Gasteiger partial charge in [-0.3, -0.25) is 10.3 Å². The monoisotopic (exact) mass is 258 g/mol. The van der Waals surface area contributed by atoms with Gasteiger partial charge in [0.2, 0.25) is 5.72 Å². The van der Waals surface area contributed by atoms with E-state index in [0.717, 1.165) is 0 Å². The van der Waals surface area contributed by atoms with Crippen LogP contribution in [0, 0.1) is 0 Å². The summed E-state index contributed by atoms with van der Waals surface area (Å²) >= 11 is 0. The normalized spacial score (nSPS) is 17.8. The molecule has 0 aromatic heterocycles. The van der Waals surface area contributed by atoms with E-state index < -0.39 is 32.0 Å². The van der Waals surface area contributed by atoms with Crippen molar-refractivity contribution in [3.8, 4) is 0 Å². The number of carboxylic acid groups (broad SMARTS) is 1. The van der Waals surface area contributed by atoms with Gasteiger partial charge in [0.05, 0.1) is 6.10 Å². The number of carbonyl (C=O) groups is 1. The Balaban J connectivity index is 4.26. The van der Waals surface area contributed by atoms with E-state index in [1.54, 1.807) is 0 Å². The summed E-state index contributed by atoms with van der Waals surface area (Å²) in [4.78, 5) is 27.4. The molecular weight excluding hydrogens is 243 g/mol. The molecule has 0 saturated heterocycles. The van der Waals surface area contributed by atoms with Crippen molar-refractivity contribution in [2.75, 3.05) is 6.54 Å². The van der Waals surface area contributed by atoms with Crippen molar-refractivity contribution in [3.05, 3.63) is 0 Å². The van der Waals surface area contributed by atoms with E-state index in [1.807, 2.05) is 0 Å². The van der Waals surface area contributed by atoms with Crippen molar-refractivity contribution < 1.29 is 33.9 Å². The first-order valence-corrected chi connectivity index (χ1v) is 5.80. The first-order chi connectivity index (χ1) is 7.08. The van der Waals surface area contributed by atoms with Gasteiger partial charge in [0.1, 0.15) is 0 Å². The maximum absolute atomic E-state index is 10.5. The van der Waals surface area contributed by atoms with Gasteiger partial charge in [-0.05, 0) is 6.42 Å². The maximum atomic E-state index is 10.5. The minimum absolute atomic E-state index is 0.194. The molecule has 8 N–H and O–H groups in total. The molecule has 0 saturated carbocycles. The highest BCUT2D eigenvalue weighted by Crippen LogP contribution is 2.38. The Morgan fingerprint density at radius 2 is 2.00 bits per heavy atom. The van der Waals surface area contributed by atoms with Crippen LogP contribution in [0.25, 0.3) is 0 Å². The molecule has 0 radical (unpaired) electrons. The quantitative estimate of drug-likeness (QED) is 0.221. The fourth-order valence-electron chi connectivity index (χ4n) is 0.896. The number of rotatable bonds is 7. The van der Waals surface area contributed by atoms with E-state index in [0.29, 0.717) is 0 Å². The van der Waals surface area contributed by atoms with E-state index in [9.17, 15) is 9.36 Å². The third kappa shape index (κ3) is 6.13. The largest absolute Gasteiger partial charge is 0.478 e. The second kappa shape index (κ2) is 5.69. The molecule has 2 atom stereocenters. The zero-order chi connectivity index (χ0) is 13.0. The van der Waals surface area contributed by atoms with Gasteiger partial charge in [0.15, 0.2) is 0 Å². The van der Waals surface area contributed by atoms with E-state index in [1.165, 1.54) is 0 Å². The molecular formula is C6H15N2O7P. The number of carboxylic acids is 1. The van der Waals surface area contributed by atoms with Gasteiger partial charge < -0.3 is 25.7 Å². The SMILES string of the molecule is NCC(CCC(N)(O)C(=O)O)OP(=O)(O)O. The third-order valence-electron chi connectivity index (χ3n) is 1.77. The van der Waals surface area contributed by atoms with Crippen LogP contribution >= 0.6 is 7.82 Å². The summed E-state index contributed by atoms with van der Waals surface area (Å²) < 4.78 is 14.7. The maximum Gasteiger partial charge on any atom is 0.469 e. The molecule has 0 aliphatic carbocycles. The lowest BCUT2D eigenvalue weighted by atomic mass is 10.1. The average molecular weight is 258 g/mol. The van der Waals surface area contributed by atoms with Gasteiger partial charge in [0.25, 0.3) is 0 Å². The smallest absolute Gasteiger partial charge is 0.469 e. The van der Waals surface area contributed by atoms with Crippen molar-refractivity contribution in [2.24, 2.45) is 11.5 Å². The molecule has 0 rings (SSSR count). The third-order valence-corrected chi connectivity index (χ3v) is 2.34. The Kier molecular flexibility index (Phi) is 5.50. The molecule has 0 aliphatic heterocycles. The molecule has 0 heterocycles. The number of phosphoric ester groups is 1. The summed E-state index contributed by atoms with van der Waals surface area (Å²) in [6.07, 6.45) is -1.71. The van der Waals surface area contributed by atoms with Gasteiger partial charge in [-0.2, -0.15) is 0 Å². The summed E-state index contributed by atoms with van der Waals surface area (Å²) in [5, 5.41) is 17.6. The Hall–Kier alpha value is -0.540. The molecule has 96 valence electrons. The Bertz CT molecular complexity index is 289. The van der Waals surface area contributed by atoms with Crippen molar-refractivity contribution in [1.29, 1.82) is 0 Å². The van der Waals surface area contributed by atoms with Crippen LogP contribution in [-0.2, 0) is 13.9 Å². The van der Waals surface area contributed by atoms with Crippen molar-refractivity contribution >= 4 is 13.8 Å². The molecule has 0 amide bonds. The van der Waals surface area contributed by atoms with Crippen molar-refractivity contribution in [3.63, 3.8) is 0 Å². The predicted molar refractivity (Wildman–Crippen MR) is 52.0 cm³/mol. The van der Waals surface area contributed by atoms with Crippen LogP contribution < -0.4 is 11.5 Å². The first-order valence-electron chi connectivity index (χ1n) is 4.27. The lowest BCUT2D eigenvalue weighted by Crippen LogP contribution is -2.48. The van der Waals surface area contributed by atoms with Crippen molar-refractivity contribution in [1.82, 2.24) is 0 Å². The predicted octanol–water partition coefficient (Wildman–Crippen LogP) is -2.06. The Morgan fingerprint density at radius 1 is 1.50 bits per heavy atom. The second-order valence-corrected chi connectivity index (χ2v) is 4.41. The minimum atomic E-state index is -4.69. The molecule has 0 aromatic carbocycles. The lowest BCUT2D eigenvalue weighted by Gasteiger charge is -2.21. The second-order valence-electron chi connectivity index (χ2n) is 3.22. The van der Waals surface area contributed by atoms with E-state index in [-0.39, 0.29) is 13.0 Å². The van der Waals surface area contributed by atoms with Gasteiger partial charge in [0, 0.05) is 13.0 Å². The van der Waals surface area contributed by atoms with Gasteiger partial charge in [-0.1, -0.05) is 0 Å². The van der Waals surface area contributed by atoms with Crippen LogP contribution in [0.1, 0.15) is 12.8 Å². The fourth-order valence-corrected chi connectivity index (χ4v) is 1.48. The first kappa shape index (κ1) is 15.5. The van der Waals surface area contributed by atoms with Crippen LogP contribution in [0.4, 0.5) is 0 Å². The van der Waals surface area contributed by atoms with Gasteiger partial charge in [-0.25, -0.2) is 9.36 Å². The highest BCUT2D eigenvalue weighted by molar-refractivity contribution is 7.46. The number of phosphoric acid groups is 1. The number of hydrogen-bond acceptors (Lipinski definition) is 6. The zero-order valence-electron chi connectivity index (χ0n) is 8.31. The minimum Gasteiger partial charge on any atom is -0.478 e. The standard InChI is InChI=1S/C6H15N2O7P/c7-3-4(15-16(12,13)14)1-2-6(8,11)5(9)10/h4,11H,1-3,7-8H2,(H,9,10)(H2,12,13,14). The molecule has 0 fully saturated rings. The molecule has 9 nitrogen and oxygen atoms in total. The summed E-state index contributed by atoms with van der Waals surface area (Å²) in [5.74, 6) is -1.64. The summed E-state index contributed by atoms with van der Waals surface area (Å²) in [7, 11) is -4.69.